The van der Waals surface area contributed by atoms with Crippen LogP contribution in [-0.2, 0) is 6.54 Å². The van der Waals surface area contributed by atoms with Gasteiger partial charge in [-0.25, -0.2) is 5.32 Å². The van der Waals surface area contributed by atoms with Crippen LogP contribution in [0.4, 0.5) is 0 Å². The number of rotatable bonds is 2. The first-order valence-electron chi connectivity index (χ1n) is 5.23. The minimum atomic E-state index is 0.729. The summed E-state index contributed by atoms with van der Waals surface area (Å²) in [6, 6.07) is 9.95. The highest BCUT2D eigenvalue weighted by molar-refractivity contribution is 5.31. The van der Waals surface area contributed by atoms with Gasteiger partial charge in [0.2, 0.25) is 0 Å². The minimum absolute atomic E-state index is 0.729. The van der Waals surface area contributed by atoms with Crippen molar-refractivity contribution >= 4 is 0 Å². The Kier molecular flexibility index (Phi) is 3.33. The van der Waals surface area contributed by atoms with Gasteiger partial charge >= 0.3 is 0 Å². The fraction of sp³-hybridized carbons (Fsp3) is 0.417. The summed E-state index contributed by atoms with van der Waals surface area (Å²) in [6.07, 6.45) is 0. The van der Waals surface area contributed by atoms with E-state index in [-0.39, 0.29) is 0 Å². The third kappa shape index (κ3) is 2.79. The van der Waals surface area contributed by atoms with Gasteiger partial charge in [0.15, 0.2) is 0 Å². The van der Waals surface area contributed by atoms with Crippen LogP contribution in [0.5, 0.6) is 0 Å². The monoisotopic (exact) mass is 200 g/mol. The average molecular weight is 200 g/mol. The molecule has 0 saturated carbocycles. The van der Waals surface area contributed by atoms with Gasteiger partial charge in [-0.2, -0.15) is 5.26 Å². The van der Waals surface area contributed by atoms with Crippen molar-refractivity contribution in [1.82, 2.24) is 10.2 Å². The number of piperazine rings is 1. The second-order valence-corrected chi connectivity index (χ2v) is 3.76. The molecule has 0 N–H and O–H groups in total. The third-order valence-corrected chi connectivity index (χ3v) is 2.64. The quantitative estimate of drug-likeness (QED) is 0.714. The van der Waals surface area contributed by atoms with Crippen LogP contribution in [-0.4, -0.2) is 31.1 Å². The molecule has 1 radical (unpaired) electrons. The number of nitrogens with zero attached hydrogens (tertiary/aromatic N) is 3. The van der Waals surface area contributed by atoms with Crippen LogP contribution in [0, 0.1) is 11.3 Å². The molecule has 77 valence electrons. The van der Waals surface area contributed by atoms with E-state index in [1.165, 1.54) is 5.56 Å². The molecule has 1 saturated heterocycles. The molecular weight excluding hydrogens is 186 g/mol. The van der Waals surface area contributed by atoms with E-state index in [0.717, 1.165) is 38.3 Å². The summed E-state index contributed by atoms with van der Waals surface area (Å²) in [5, 5.41) is 13.0. The Bertz CT molecular complexity index is 344. The van der Waals surface area contributed by atoms with E-state index in [9.17, 15) is 0 Å². The van der Waals surface area contributed by atoms with Crippen LogP contribution in [0.1, 0.15) is 11.1 Å². The van der Waals surface area contributed by atoms with Crippen molar-refractivity contribution in [3.63, 3.8) is 0 Å². The largest absolute Gasteiger partial charge is 0.296 e. The molecular formula is C12H14N3. The summed E-state index contributed by atoms with van der Waals surface area (Å²) < 4.78 is 0. The topological polar surface area (TPSA) is 41.1 Å². The van der Waals surface area contributed by atoms with Gasteiger partial charge in [0.05, 0.1) is 11.6 Å². The molecule has 1 aliphatic rings. The summed E-state index contributed by atoms with van der Waals surface area (Å²) >= 11 is 0. The molecule has 3 nitrogen and oxygen atoms in total. The second kappa shape index (κ2) is 4.92. The van der Waals surface area contributed by atoms with Crippen molar-refractivity contribution in [2.24, 2.45) is 0 Å². The van der Waals surface area contributed by atoms with E-state index in [4.69, 9.17) is 5.26 Å². The van der Waals surface area contributed by atoms with Crippen LogP contribution >= 0.6 is 0 Å². The van der Waals surface area contributed by atoms with Crippen LogP contribution in [0.15, 0.2) is 24.3 Å². The lowest BCUT2D eigenvalue weighted by atomic mass is 10.1. The molecule has 0 amide bonds. The lowest BCUT2D eigenvalue weighted by molar-refractivity contribution is 0.231. The number of nitriles is 1. The highest BCUT2D eigenvalue weighted by Crippen LogP contribution is 2.07. The molecule has 1 aromatic rings. The molecule has 15 heavy (non-hydrogen) atoms. The van der Waals surface area contributed by atoms with Gasteiger partial charge in [-0.3, -0.25) is 4.90 Å². The normalized spacial score (nSPS) is 17.3. The van der Waals surface area contributed by atoms with Gasteiger partial charge in [0.25, 0.3) is 0 Å². The van der Waals surface area contributed by atoms with E-state index < -0.39 is 0 Å². The number of hydrogen-bond acceptors (Lipinski definition) is 2. The summed E-state index contributed by atoms with van der Waals surface area (Å²) in [5.74, 6) is 0. The Hall–Kier alpha value is -1.37. The summed E-state index contributed by atoms with van der Waals surface area (Å²) in [4.78, 5) is 2.40. The molecule has 1 fully saturated rings. The third-order valence-electron chi connectivity index (χ3n) is 2.64. The van der Waals surface area contributed by atoms with E-state index >= 15 is 0 Å². The van der Waals surface area contributed by atoms with Gasteiger partial charge in [-0.05, 0) is 17.7 Å². The van der Waals surface area contributed by atoms with Crippen LogP contribution in [0.25, 0.3) is 0 Å². The number of hydrogen-bond donors (Lipinski definition) is 0. The van der Waals surface area contributed by atoms with Crippen molar-refractivity contribution < 1.29 is 0 Å². The predicted octanol–water partition coefficient (Wildman–Crippen LogP) is 0.978. The SMILES string of the molecule is N#Cc1ccc(CN2CC[N]CC2)cc1. The smallest absolute Gasteiger partial charge is 0.0991 e. The maximum absolute atomic E-state index is 8.68. The maximum Gasteiger partial charge on any atom is 0.0991 e. The molecule has 1 heterocycles. The van der Waals surface area contributed by atoms with Crippen molar-refractivity contribution in [3.8, 4) is 6.07 Å². The zero-order chi connectivity index (χ0) is 10.5. The Morgan fingerprint density at radius 3 is 2.47 bits per heavy atom. The molecule has 1 aliphatic heterocycles. The van der Waals surface area contributed by atoms with E-state index in [0.29, 0.717) is 0 Å². The highest BCUT2D eigenvalue weighted by atomic mass is 15.2. The zero-order valence-electron chi connectivity index (χ0n) is 8.69. The van der Waals surface area contributed by atoms with Crippen molar-refractivity contribution in [2.75, 3.05) is 26.2 Å². The van der Waals surface area contributed by atoms with Crippen LogP contribution < -0.4 is 5.32 Å². The van der Waals surface area contributed by atoms with Gasteiger partial charge < -0.3 is 0 Å². The van der Waals surface area contributed by atoms with Gasteiger partial charge in [-0.15, -0.1) is 0 Å². The Morgan fingerprint density at radius 1 is 1.20 bits per heavy atom. The summed E-state index contributed by atoms with van der Waals surface area (Å²) in [6.45, 7) is 4.99. The Balaban J connectivity index is 1.95. The maximum atomic E-state index is 8.68. The van der Waals surface area contributed by atoms with Crippen molar-refractivity contribution in [1.29, 1.82) is 5.26 Å². The first kappa shape index (κ1) is 10.2. The molecule has 0 unspecified atom stereocenters. The second-order valence-electron chi connectivity index (χ2n) is 3.76. The van der Waals surface area contributed by atoms with Gasteiger partial charge in [0.1, 0.15) is 0 Å². The zero-order valence-corrected chi connectivity index (χ0v) is 8.69. The van der Waals surface area contributed by atoms with Crippen molar-refractivity contribution in [3.05, 3.63) is 35.4 Å². The Morgan fingerprint density at radius 2 is 1.87 bits per heavy atom. The lowest BCUT2D eigenvalue weighted by Gasteiger charge is -2.26. The number of benzene rings is 1. The molecule has 0 spiro atoms. The highest BCUT2D eigenvalue weighted by Gasteiger charge is 2.10. The molecule has 3 heteroatoms. The van der Waals surface area contributed by atoms with Crippen LogP contribution in [0.2, 0.25) is 0 Å². The fourth-order valence-electron chi connectivity index (χ4n) is 1.75. The van der Waals surface area contributed by atoms with E-state index in [2.05, 4.69) is 16.3 Å². The van der Waals surface area contributed by atoms with Gasteiger partial charge in [0, 0.05) is 32.7 Å². The van der Waals surface area contributed by atoms with E-state index in [1.807, 2.05) is 24.3 Å². The van der Waals surface area contributed by atoms with Crippen LogP contribution in [0.3, 0.4) is 0 Å². The molecule has 1 aromatic carbocycles. The molecule has 2 rings (SSSR count). The Labute approximate surface area is 90.3 Å². The van der Waals surface area contributed by atoms with E-state index in [1.54, 1.807) is 0 Å². The molecule has 0 aromatic heterocycles. The summed E-state index contributed by atoms with van der Waals surface area (Å²) in [7, 11) is 0. The lowest BCUT2D eigenvalue weighted by Crippen LogP contribution is -2.39. The molecule has 0 aliphatic carbocycles. The standard InChI is InChI=1S/C12H14N3/c13-9-11-1-3-12(4-2-11)10-15-7-5-14-6-8-15/h1-4H,5-8,10H2. The first-order chi connectivity index (χ1) is 7.38. The minimum Gasteiger partial charge on any atom is -0.296 e. The first-order valence-corrected chi connectivity index (χ1v) is 5.23. The van der Waals surface area contributed by atoms with Gasteiger partial charge in [-0.1, -0.05) is 12.1 Å². The summed E-state index contributed by atoms with van der Waals surface area (Å²) in [5.41, 5.74) is 2.00. The molecule has 0 atom stereocenters. The predicted molar refractivity (Wildman–Crippen MR) is 58.3 cm³/mol. The fourth-order valence-corrected chi connectivity index (χ4v) is 1.75. The molecule has 0 bridgehead atoms. The average Bonchev–Trinajstić information content (AvgIpc) is 2.31. The van der Waals surface area contributed by atoms with Crippen molar-refractivity contribution in [2.45, 2.75) is 6.54 Å².